The van der Waals surface area contributed by atoms with Crippen LogP contribution >= 0.6 is 0 Å². The lowest BCUT2D eigenvalue weighted by atomic mass is 9.94. The van der Waals surface area contributed by atoms with E-state index in [1.807, 2.05) is 0 Å². The molecule has 168 valence electrons. The van der Waals surface area contributed by atoms with Crippen molar-refractivity contribution in [2.45, 2.75) is 51.1 Å². The van der Waals surface area contributed by atoms with Crippen molar-refractivity contribution in [3.63, 3.8) is 0 Å². The van der Waals surface area contributed by atoms with Crippen LogP contribution in [0.25, 0.3) is 0 Å². The van der Waals surface area contributed by atoms with Gasteiger partial charge in [-0.3, -0.25) is 14.5 Å². The summed E-state index contributed by atoms with van der Waals surface area (Å²) in [5.74, 6) is -2.34. The number of carbonyl (C=O) groups is 2. The number of anilines is 1. The molecule has 0 aromatic heterocycles. The Bertz CT molecular complexity index is 785. The summed E-state index contributed by atoms with van der Waals surface area (Å²) in [5, 5.41) is 19.2. The molecule has 1 aromatic carbocycles. The molecule has 1 aliphatic rings. The third-order valence-electron chi connectivity index (χ3n) is 5.47. The van der Waals surface area contributed by atoms with Gasteiger partial charge in [-0.25, -0.2) is 0 Å². The van der Waals surface area contributed by atoms with Crippen molar-refractivity contribution in [1.82, 2.24) is 4.90 Å². The summed E-state index contributed by atoms with van der Waals surface area (Å²) in [4.78, 5) is 26.5. The number of rotatable bonds is 7. The number of carboxylic acids is 1. The lowest BCUT2D eigenvalue weighted by Crippen LogP contribution is -2.64. The number of para-hydroxylation sites is 1. The molecule has 7 nitrogen and oxygen atoms in total. The van der Waals surface area contributed by atoms with Crippen molar-refractivity contribution in [3.8, 4) is 0 Å². The summed E-state index contributed by atoms with van der Waals surface area (Å²) in [7, 11) is 0. The number of piperazine rings is 1. The van der Waals surface area contributed by atoms with Crippen molar-refractivity contribution >= 4 is 17.6 Å². The van der Waals surface area contributed by atoms with Crippen LogP contribution in [-0.4, -0.2) is 64.3 Å². The van der Waals surface area contributed by atoms with Crippen LogP contribution in [0.1, 0.15) is 32.8 Å². The van der Waals surface area contributed by atoms with Gasteiger partial charge in [0, 0.05) is 24.7 Å². The van der Waals surface area contributed by atoms with E-state index in [-0.39, 0.29) is 31.7 Å². The Labute approximate surface area is 173 Å². The second-order valence-electron chi connectivity index (χ2n) is 8.39. The van der Waals surface area contributed by atoms with E-state index in [9.17, 15) is 27.9 Å². The maximum Gasteiger partial charge on any atom is 0.418 e. The molecular weight excluding hydrogens is 403 g/mol. The SMILES string of the molecule is C[C@H](C[C@H](O)[C@@H](N)CN1CC(=O)N(c2ccccc2C(F)(F)F)CC1(C)C)C(=O)O. The molecule has 2 rings (SSSR count). The molecule has 1 aliphatic heterocycles. The molecule has 1 saturated heterocycles. The molecule has 0 radical (unpaired) electrons. The quantitative estimate of drug-likeness (QED) is 0.609. The first kappa shape index (κ1) is 24.1. The summed E-state index contributed by atoms with van der Waals surface area (Å²) >= 11 is 0. The number of carboxylic acid groups (broad SMARTS) is 1. The molecule has 0 saturated carbocycles. The molecule has 1 amide bonds. The number of aliphatic carboxylic acids is 1. The third-order valence-corrected chi connectivity index (χ3v) is 5.47. The van der Waals surface area contributed by atoms with Gasteiger partial charge in [0.1, 0.15) is 0 Å². The van der Waals surface area contributed by atoms with Gasteiger partial charge in [0.2, 0.25) is 5.91 Å². The van der Waals surface area contributed by atoms with E-state index in [4.69, 9.17) is 10.8 Å². The molecule has 0 unspecified atom stereocenters. The maximum absolute atomic E-state index is 13.4. The van der Waals surface area contributed by atoms with Gasteiger partial charge in [-0.15, -0.1) is 0 Å². The number of aliphatic hydroxyl groups excluding tert-OH is 1. The smallest absolute Gasteiger partial charge is 0.418 e. The van der Waals surface area contributed by atoms with E-state index < -0.39 is 47.2 Å². The number of halogens is 3. The monoisotopic (exact) mass is 431 g/mol. The minimum Gasteiger partial charge on any atom is -0.481 e. The molecule has 4 N–H and O–H groups in total. The summed E-state index contributed by atoms with van der Waals surface area (Å²) in [6, 6.07) is 4.13. The molecule has 0 bridgehead atoms. The van der Waals surface area contributed by atoms with Gasteiger partial charge in [0.15, 0.2) is 0 Å². The van der Waals surface area contributed by atoms with Crippen LogP contribution in [0.2, 0.25) is 0 Å². The topological polar surface area (TPSA) is 107 Å². The zero-order chi connectivity index (χ0) is 22.9. The summed E-state index contributed by atoms with van der Waals surface area (Å²) in [6.07, 6.45) is -5.72. The predicted molar refractivity (Wildman–Crippen MR) is 105 cm³/mol. The van der Waals surface area contributed by atoms with Crippen LogP contribution in [0, 0.1) is 5.92 Å². The molecule has 30 heavy (non-hydrogen) atoms. The van der Waals surface area contributed by atoms with E-state index in [0.29, 0.717) is 0 Å². The molecule has 1 fully saturated rings. The van der Waals surface area contributed by atoms with Gasteiger partial charge in [-0.05, 0) is 32.4 Å². The first-order valence-electron chi connectivity index (χ1n) is 9.62. The van der Waals surface area contributed by atoms with Gasteiger partial charge in [-0.1, -0.05) is 19.1 Å². The van der Waals surface area contributed by atoms with Crippen LogP contribution in [0.3, 0.4) is 0 Å². The zero-order valence-corrected chi connectivity index (χ0v) is 17.2. The highest BCUT2D eigenvalue weighted by molar-refractivity contribution is 5.96. The van der Waals surface area contributed by atoms with Crippen LogP contribution in [0.5, 0.6) is 0 Å². The number of carbonyl (C=O) groups excluding carboxylic acids is 1. The molecular formula is C20H28F3N3O4. The van der Waals surface area contributed by atoms with Gasteiger partial charge >= 0.3 is 12.1 Å². The maximum atomic E-state index is 13.4. The number of alkyl halides is 3. The van der Waals surface area contributed by atoms with Crippen LogP contribution in [0.4, 0.5) is 18.9 Å². The average Bonchev–Trinajstić information content (AvgIpc) is 2.63. The number of nitrogens with two attached hydrogens (primary N) is 1. The molecule has 3 atom stereocenters. The minimum atomic E-state index is -4.59. The first-order valence-corrected chi connectivity index (χ1v) is 9.62. The predicted octanol–water partition coefficient (Wildman–Crippen LogP) is 1.93. The number of hydrogen-bond acceptors (Lipinski definition) is 5. The highest BCUT2D eigenvalue weighted by atomic mass is 19.4. The fourth-order valence-corrected chi connectivity index (χ4v) is 3.53. The Morgan fingerprint density at radius 2 is 1.90 bits per heavy atom. The Morgan fingerprint density at radius 1 is 1.30 bits per heavy atom. The lowest BCUT2D eigenvalue weighted by Gasteiger charge is -2.48. The number of nitrogens with zero attached hydrogens (tertiary/aromatic N) is 2. The highest BCUT2D eigenvalue weighted by Gasteiger charge is 2.43. The summed E-state index contributed by atoms with van der Waals surface area (Å²) in [6.45, 7) is 4.95. The van der Waals surface area contributed by atoms with Crippen LogP contribution < -0.4 is 10.6 Å². The molecule has 0 spiro atoms. The lowest BCUT2D eigenvalue weighted by molar-refractivity contribution is -0.142. The normalized spacial score (nSPS) is 20.7. The number of amides is 1. The number of aliphatic hydroxyl groups is 1. The molecule has 1 heterocycles. The zero-order valence-electron chi connectivity index (χ0n) is 17.2. The van der Waals surface area contributed by atoms with Crippen LogP contribution in [0.15, 0.2) is 24.3 Å². The van der Waals surface area contributed by atoms with Crippen molar-refractivity contribution in [1.29, 1.82) is 0 Å². The van der Waals surface area contributed by atoms with Gasteiger partial charge in [-0.2, -0.15) is 13.2 Å². The van der Waals surface area contributed by atoms with E-state index in [1.54, 1.807) is 18.7 Å². The summed E-state index contributed by atoms with van der Waals surface area (Å²) < 4.78 is 40.2. The number of benzene rings is 1. The Kier molecular flexibility index (Phi) is 7.16. The summed E-state index contributed by atoms with van der Waals surface area (Å²) in [5.41, 5.74) is 4.24. The van der Waals surface area contributed by atoms with E-state index in [0.717, 1.165) is 11.0 Å². The standard InChI is InChI=1S/C20H28F3N3O4/c1-12(18(29)30)8-16(27)14(24)9-25-10-17(28)26(11-19(25,2)3)15-7-5-4-6-13(15)20(21,22)23/h4-7,12,14,16,27H,8-11,24H2,1-3H3,(H,29,30)/t12-,14+,16+/m1/s1. The van der Waals surface area contributed by atoms with Gasteiger partial charge < -0.3 is 20.8 Å². The average molecular weight is 431 g/mol. The molecule has 10 heteroatoms. The van der Waals surface area contributed by atoms with Crippen molar-refractivity contribution in [3.05, 3.63) is 29.8 Å². The molecule has 0 aliphatic carbocycles. The first-order chi connectivity index (χ1) is 13.7. The fourth-order valence-electron chi connectivity index (χ4n) is 3.53. The van der Waals surface area contributed by atoms with E-state index >= 15 is 0 Å². The second kappa shape index (κ2) is 8.91. The minimum absolute atomic E-state index is 0.00721. The highest BCUT2D eigenvalue weighted by Crippen LogP contribution is 2.38. The van der Waals surface area contributed by atoms with Gasteiger partial charge in [0.05, 0.1) is 29.8 Å². The van der Waals surface area contributed by atoms with Crippen molar-refractivity contribution in [2.24, 2.45) is 11.7 Å². The van der Waals surface area contributed by atoms with Gasteiger partial charge in [0.25, 0.3) is 0 Å². The molecule has 1 aromatic rings. The van der Waals surface area contributed by atoms with Crippen LogP contribution in [-0.2, 0) is 15.8 Å². The number of hydrogen-bond donors (Lipinski definition) is 3. The van der Waals surface area contributed by atoms with E-state index in [2.05, 4.69) is 0 Å². The van der Waals surface area contributed by atoms with E-state index in [1.165, 1.54) is 25.1 Å². The Morgan fingerprint density at radius 3 is 2.47 bits per heavy atom. The Hall–Kier alpha value is -2.17. The van der Waals surface area contributed by atoms with Crippen molar-refractivity contribution in [2.75, 3.05) is 24.5 Å². The third kappa shape index (κ3) is 5.50. The Balaban J connectivity index is 2.16. The largest absolute Gasteiger partial charge is 0.481 e. The fraction of sp³-hybridized carbons (Fsp3) is 0.600. The van der Waals surface area contributed by atoms with Crippen molar-refractivity contribution < 1.29 is 33.0 Å². The second-order valence-corrected chi connectivity index (χ2v) is 8.39.